The van der Waals surface area contributed by atoms with Crippen LogP contribution >= 0.6 is 0 Å². The van der Waals surface area contributed by atoms with Gasteiger partial charge in [-0.3, -0.25) is 4.79 Å². The van der Waals surface area contributed by atoms with Gasteiger partial charge in [0.15, 0.2) is 5.79 Å². The van der Waals surface area contributed by atoms with Crippen molar-refractivity contribution in [2.24, 2.45) is 5.92 Å². The van der Waals surface area contributed by atoms with Crippen LogP contribution in [-0.2, 0) is 14.3 Å². The molecule has 282 valence electrons. The van der Waals surface area contributed by atoms with E-state index in [-0.39, 0.29) is 64.4 Å². The van der Waals surface area contributed by atoms with Gasteiger partial charge in [-0.15, -0.1) is 0 Å². The van der Waals surface area contributed by atoms with Crippen LogP contribution in [0.2, 0.25) is 0 Å². The second kappa shape index (κ2) is 24.9. The molecule has 0 aromatic rings. The van der Waals surface area contributed by atoms with Gasteiger partial charge in [0.1, 0.15) is 0 Å². The fourth-order valence-electron chi connectivity index (χ4n) is 5.84. The second-order valence-corrected chi connectivity index (χ2v) is 14.0. The van der Waals surface area contributed by atoms with Gasteiger partial charge in [0.25, 0.3) is 0 Å². The van der Waals surface area contributed by atoms with Gasteiger partial charge in [0.2, 0.25) is 0 Å². The summed E-state index contributed by atoms with van der Waals surface area (Å²) >= 11 is 1.48. The number of allylic oxidation sites excluding steroid dienone is 12. The van der Waals surface area contributed by atoms with Crippen LogP contribution in [0.25, 0.3) is 0 Å². The molecular weight excluding hydrogens is 673 g/mol. The summed E-state index contributed by atoms with van der Waals surface area (Å²) in [4.78, 5) is 11.9. The maximum atomic E-state index is 11.9. The maximum absolute atomic E-state index is 11.9. The molecule has 51 heavy (non-hydrogen) atoms. The van der Waals surface area contributed by atoms with E-state index in [9.17, 15) is 50.8 Å². The SMILES string of the molecule is O=C(O)[C@@H]1CCC2(O)CC(O)CC(O)C(O)CCC(O)CC(O)C[C](=[Mg])OCCC(O)C/C=C/C=C/C=C/C=C/C=C/C=C/C=C/C(O)CC1O2. The first kappa shape index (κ1) is 44.9. The van der Waals surface area contributed by atoms with Crippen LogP contribution in [0.15, 0.2) is 85.1 Å². The molecule has 2 heterocycles. The zero-order valence-electron chi connectivity index (χ0n) is 29.2. The molecule has 2 aliphatic rings. The standard InChI is InChI=1S/C38H56O12.Mg/c39-28-14-12-10-8-6-4-2-1-3-5-7-9-11-13-15-29(40)26-36-33(37(46)47)18-21-38(48,50-36)27-32(43)25-35(45)34(44)17-16-30(41)24-31(42)20-23-49-22-19-28;/h1-13,15,28-36,39-45,48H,14,16-22,24-27H2,(H,46,47);/b3-1+,4-2+,7-5+,8-6+,11-9+,12-10+,15-13+;/t28?,29?,30?,31?,32?,33-,34?,35?,36?,38?;/m1./s1. The Balaban J connectivity index is 2.07. The Labute approximate surface area is 313 Å². The molecular formula is C38H56MgO12. The van der Waals surface area contributed by atoms with Gasteiger partial charge in [-0.25, -0.2) is 0 Å². The molecule has 1 saturated heterocycles. The van der Waals surface area contributed by atoms with E-state index in [4.69, 9.17) is 9.47 Å². The fraction of sp³-hybridized carbons (Fsp3) is 0.579. The van der Waals surface area contributed by atoms with E-state index >= 15 is 0 Å². The number of carboxylic acids is 1. The van der Waals surface area contributed by atoms with Gasteiger partial charge >= 0.3 is 197 Å². The van der Waals surface area contributed by atoms with Gasteiger partial charge < -0.3 is 20.1 Å². The summed E-state index contributed by atoms with van der Waals surface area (Å²) in [5.41, 5.74) is 0. The van der Waals surface area contributed by atoms with Gasteiger partial charge in [-0.1, -0.05) is 48.6 Å². The van der Waals surface area contributed by atoms with Crippen LogP contribution in [0, 0.1) is 5.92 Å². The molecule has 0 saturated carbocycles. The number of rotatable bonds is 1. The number of carboxylic acid groups (broad SMARTS) is 1. The Morgan fingerprint density at radius 1 is 0.686 bits per heavy atom. The Hall–Kier alpha value is -2.27. The number of carbonyl (C=O) groups is 1. The van der Waals surface area contributed by atoms with Gasteiger partial charge in [0.05, 0.1) is 18.1 Å². The molecule has 2 rings (SSSR count). The Morgan fingerprint density at radius 3 is 1.92 bits per heavy atom. The summed E-state index contributed by atoms with van der Waals surface area (Å²) in [6.45, 7) is 0.279. The average molecular weight is 729 g/mol. The molecule has 9 unspecified atom stereocenters. The number of hydrogen-bond acceptors (Lipinski definition) is 11. The Bertz CT molecular complexity index is 1240. The normalized spacial score (nSPS) is 39.7. The minimum atomic E-state index is -1.91. The van der Waals surface area contributed by atoms with Crippen LogP contribution in [0.1, 0.15) is 70.6 Å². The number of ether oxygens (including phenoxy) is 2. The zero-order valence-corrected chi connectivity index (χ0v) is 30.6. The molecule has 2 aliphatic heterocycles. The Kier molecular flexibility index (Phi) is 21.9. The topological polar surface area (TPSA) is 218 Å². The number of fused-ring (bicyclic) bond motifs is 2. The van der Waals surface area contributed by atoms with Crippen molar-refractivity contribution in [3.63, 3.8) is 0 Å². The van der Waals surface area contributed by atoms with Crippen LogP contribution in [0.4, 0.5) is 0 Å². The molecule has 0 aliphatic carbocycles. The number of hydrogen-bond donors (Lipinski definition) is 9. The van der Waals surface area contributed by atoms with E-state index in [1.807, 2.05) is 54.7 Å². The van der Waals surface area contributed by atoms with Crippen molar-refractivity contribution in [1.29, 1.82) is 0 Å². The second-order valence-electron chi connectivity index (χ2n) is 13.2. The molecule has 0 amide bonds. The van der Waals surface area contributed by atoms with Gasteiger partial charge in [-0.05, 0) is 6.42 Å². The molecule has 2 bridgehead atoms. The molecule has 0 spiro atoms. The predicted octanol–water partition coefficient (Wildman–Crippen LogP) is 1.81. The summed E-state index contributed by atoms with van der Waals surface area (Å²) in [5, 5.41) is 94.1. The summed E-state index contributed by atoms with van der Waals surface area (Å²) in [6.07, 6.45) is 16.7. The van der Waals surface area contributed by atoms with Crippen LogP contribution in [-0.4, -0.2) is 138 Å². The van der Waals surface area contributed by atoms with Crippen molar-refractivity contribution in [2.75, 3.05) is 6.61 Å². The van der Waals surface area contributed by atoms with Crippen LogP contribution < -0.4 is 0 Å². The summed E-state index contributed by atoms with van der Waals surface area (Å²) in [6, 6.07) is 0. The van der Waals surface area contributed by atoms with Crippen molar-refractivity contribution >= 4 is 31.0 Å². The number of aliphatic carboxylic acids is 1. The van der Waals surface area contributed by atoms with Gasteiger partial charge in [0, 0.05) is 12.8 Å². The van der Waals surface area contributed by atoms with E-state index in [2.05, 4.69) is 0 Å². The molecule has 0 radical (unpaired) electrons. The minimum Gasteiger partial charge on any atom is -0.389 e. The van der Waals surface area contributed by atoms with Crippen LogP contribution in [0.5, 0.6) is 0 Å². The first-order valence-electron chi connectivity index (χ1n) is 17.6. The molecule has 10 atom stereocenters. The summed E-state index contributed by atoms with van der Waals surface area (Å²) in [7, 11) is 0. The first-order chi connectivity index (χ1) is 24.3. The Morgan fingerprint density at radius 2 is 1.29 bits per heavy atom. The fourth-order valence-corrected chi connectivity index (χ4v) is 6.31. The van der Waals surface area contributed by atoms with E-state index in [0.29, 0.717) is 16.7 Å². The third-order valence-electron chi connectivity index (χ3n) is 8.63. The first-order valence-corrected chi connectivity index (χ1v) is 18.4. The molecule has 13 heteroatoms. The quantitative estimate of drug-likeness (QED) is 0.177. The monoisotopic (exact) mass is 728 g/mol. The van der Waals surface area contributed by atoms with E-state index in [1.165, 1.54) is 27.3 Å². The third-order valence-corrected chi connectivity index (χ3v) is 9.12. The van der Waals surface area contributed by atoms with Crippen molar-refractivity contribution in [3.05, 3.63) is 85.1 Å². The molecule has 9 N–H and O–H groups in total. The molecule has 12 nitrogen and oxygen atoms in total. The zero-order chi connectivity index (χ0) is 37.6. The molecule has 0 aromatic carbocycles. The minimum absolute atomic E-state index is 0.0153. The van der Waals surface area contributed by atoms with Crippen molar-refractivity contribution < 1.29 is 60.2 Å². The van der Waals surface area contributed by atoms with Crippen molar-refractivity contribution in [1.82, 2.24) is 0 Å². The molecule has 0 aromatic heterocycles. The number of aliphatic hydroxyl groups is 8. The summed E-state index contributed by atoms with van der Waals surface area (Å²) in [5.74, 6) is -4.02. The van der Waals surface area contributed by atoms with Crippen molar-refractivity contribution in [2.45, 2.75) is 125 Å². The molecule has 1 fully saturated rings. The van der Waals surface area contributed by atoms with Crippen molar-refractivity contribution in [3.8, 4) is 0 Å². The average Bonchev–Trinajstić information content (AvgIpc) is 3.04. The smallest absolute Gasteiger partial charge is 0.389 e. The van der Waals surface area contributed by atoms with E-state index < -0.39 is 66.5 Å². The predicted molar refractivity (Wildman–Crippen MR) is 194 cm³/mol. The van der Waals surface area contributed by atoms with Gasteiger partial charge in [-0.2, -0.15) is 0 Å². The third kappa shape index (κ3) is 19.9. The summed E-state index contributed by atoms with van der Waals surface area (Å²) < 4.78 is 12.0. The van der Waals surface area contributed by atoms with E-state index in [1.54, 1.807) is 24.3 Å². The van der Waals surface area contributed by atoms with E-state index in [0.717, 1.165) is 0 Å². The van der Waals surface area contributed by atoms with Crippen LogP contribution in [0.3, 0.4) is 0 Å². The number of aliphatic hydroxyl groups excluding tert-OH is 7.